The Bertz CT molecular complexity index is 472. The monoisotopic (exact) mass is 265 g/mol. The Morgan fingerprint density at radius 2 is 2.11 bits per heavy atom. The molecule has 0 heterocycles. The molecule has 1 aromatic carbocycles. The van der Waals surface area contributed by atoms with E-state index in [2.05, 4.69) is 10.6 Å². The van der Waals surface area contributed by atoms with Crippen LogP contribution >= 0.6 is 0 Å². The summed E-state index contributed by atoms with van der Waals surface area (Å²) in [4.78, 5) is 21.8. The van der Waals surface area contributed by atoms with Gasteiger partial charge in [0.1, 0.15) is 0 Å². The lowest BCUT2D eigenvalue weighted by Crippen LogP contribution is -2.41. The molecule has 1 rings (SSSR count). The topological polar surface area (TPSA) is 84.3 Å². The number of hydrogen-bond acceptors (Lipinski definition) is 4. The minimum Gasteiger partial charge on any atom is -0.359 e. The lowest BCUT2D eigenvalue weighted by atomic mass is 9.92. The molecule has 0 aliphatic heterocycles. The summed E-state index contributed by atoms with van der Waals surface area (Å²) in [6.45, 7) is 4.66. The van der Waals surface area contributed by atoms with Crippen molar-refractivity contribution in [3.8, 4) is 0 Å². The number of nitrogens with one attached hydrogen (secondary N) is 2. The molecule has 0 aliphatic carbocycles. The van der Waals surface area contributed by atoms with Gasteiger partial charge in [-0.1, -0.05) is 12.1 Å². The predicted octanol–water partition coefficient (Wildman–Crippen LogP) is 1.46. The maximum absolute atomic E-state index is 11.6. The molecule has 2 N–H and O–H groups in total. The lowest BCUT2D eigenvalue weighted by Gasteiger charge is -2.22. The average molecular weight is 265 g/mol. The van der Waals surface area contributed by atoms with Crippen LogP contribution < -0.4 is 10.6 Å². The molecule has 0 spiro atoms. The van der Waals surface area contributed by atoms with Crippen LogP contribution in [0.15, 0.2) is 24.3 Å². The second-order valence-electron chi connectivity index (χ2n) is 4.99. The van der Waals surface area contributed by atoms with E-state index in [1.165, 1.54) is 12.1 Å². The maximum Gasteiger partial charge on any atom is 0.269 e. The number of carbonyl (C=O) groups is 1. The van der Waals surface area contributed by atoms with E-state index in [0.717, 1.165) is 5.56 Å². The Kier molecular flexibility index (Phi) is 5.00. The van der Waals surface area contributed by atoms with Gasteiger partial charge in [0.2, 0.25) is 5.91 Å². The molecule has 0 radical (unpaired) electrons. The molecule has 6 heteroatoms. The Balaban J connectivity index is 2.56. The minimum atomic E-state index is -0.518. The molecule has 0 fully saturated rings. The minimum absolute atomic E-state index is 0.0426. The summed E-state index contributed by atoms with van der Waals surface area (Å²) in [6.07, 6.45) is 0. The van der Waals surface area contributed by atoms with Crippen LogP contribution in [0.4, 0.5) is 5.69 Å². The molecule has 0 aromatic heterocycles. The largest absolute Gasteiger partial charge is 0.359 e. The lowest BCUT2D eigenvalue weighted by molar-refractivity contribution is -0.384. The van der Waals surface area contributed by atoms with Crippen LogP contribution in [-0.2, 0) is 11.3 Å². The standard InChI is InChI=1S/C13H19N3O3/c1-13(2,12(17)14-3)9-15-8-10-5-4-6-11(7-10)16(18)19/h4-7,15H,8-9H2,1-3H3,(H,14,17). The fraction of sp³-hybridized carbons (Fsp3) is 0.462. The maximum atomic E-state index is 11.6. The molecular formula is C13H19N3O3. The van der Waals surface area contributed by atoms with Crippen molar-refractivity contribution in [1.82, 2.24) is 10.6 Å². The third-order valence-electron chi connectivity index (χ3n) is 2.86. The highest BCUT2D eigenvalue weighted by molar-refractivity contribution is 5.81. The Hall–Kier alpha value is -1.95. The summed E-state index contributed by atoms with van der Waals surface area (Å²) in [5.41, 5.74) is 0.377. The second-order valence-corrected chi connectivity index (χ2v) is 4.99. The van der Waals surface area contributed by atoms with Gasteiger partial charge >= 0.3 is 0 Å². The van der Waals surface area contributed by atoms with E-state index in [-0.39, 0.29) is 11.6 Å². The molecule has 1 aromatic rings. The molecule has 0 unspecified atom stereocenters. The van der Waals surface area contributed by atoms with Crippen molar-refractivity contribution >= 4 is 11.6 Å². The number of rotatable bonds is 6. The molecule has 0 saturated heterocycles. The fourth-order valence-corrected chi connectivity index (χ4v) is 1.72. The number of nitro groups is 1. The van der Waals surface area contributed by atoms with Crippen molar-refractivity contribution < 1.29 is 9.72 Å². The van der Waals surface area contributed by atoms with Crippen LogP contribution in [0.25, 0.3) is 0 Å². The van der Waals surface area contributed by atoms with Gasteiger partial charge in [-0.3, -0.25) is 14.9 Å². The zero-order valence-corrected chi connectivity index (χ0v) is 11.4. The summed E-state index contributed by atoms with van der Waals surface area (Å²) >= 11 is 0. The van der Waals surface area contributed by atoms with Crippen molar-refractivity contribution in [3.05, 3.63) is 39.9 Å². The van der Waals surface area contributed by atoms with Gasteiger partial charge < -0.3 is 10.6 Å². The number of amides is 1. The Morgan fingerprint density at radius 3 is 2.68 bits per heavy atom. The van der Waals surface area contributed by atoms with E-state index < -0.39 is 10.3 Å². The summed E-state index contributed by atoms with van der Waals surface area (Å²) < 4.78 is 0. The van der Waals surface area contributed by atoms with E-state index in [1.54, 1.807) is 13.1 Å². The van der Waals surface area contributed by atoms with Crippen LogP contribution in [0, 0.1) is 15.5 Å². The summed E-state index contributed by atoms with van der Waals surface area (Å²) in [6, 6.07) is 6.45. The molecule has 19 heavy (non-hydrogen) atoms. The Morgan fingerprint density at radius 1 is 1.42 bits per heavy atom. The van der Waals surface area contributed by atoms with Crippen molar-refractivity contribution in [2.45, 2.75) is 20.4 Å². The van der Waals surface area contributed by atoms with E-state index in [4.69, 9.17) is 0 Å². The Labute approximate surface area is 112 Å². The average Bonchev–Trinajstić information content (AvgIpc) is 2.37. The van der Waals surface area contributed by atoms with E-state index >= 15 is 0 Å². The number of nitrogens with zero attached hydrogens (tertiary/aromatic N) is 1. The summed E-state index contributed by atoms with van der Waals surface area (Å²) in [5.74, 6) is -0.0426. The number of nitro benzene ring substituents is 1. The first-order valence-corrected chi connectivity index (χ1v) is 6.03. The molecule has 0 saturated carbocycles. The van der Waals surface area contributed by atoms with Gasteiger partial charge in [0, 0.05) is 32.3 Å². The highest BCUT2D eigenvalue weighted by Gasteiger charge is 2.25. The smallest absolute Gasteiger partial charge is 0.269 e. The van der Waals surface area contributed by atoms with E-state index in [9.17, 15) is 14.9 Å². The van der Waals surface area contributed by atoms with Crippen molar-refractivity contribution in [2.75, 3.05) is 13.6 Å². The third kappa shape index (κ3) is 4.33. The molecule has 104 valence electrons. The molecule has 0 atom stereocenters. The number of carbonyl (C=O) groups excluding carboxylic acids is 1. The van der Waals surface area contributed by atoms with Crippen LogP contribution in [-0.4, -0.2) is 24.4 Å². The highest BCUT2D eigenvalue weighted by atomic mass is 16.6. The normalized spacial score (nSPS) is 11.1. The van der Waals surface area contributed by atoms with Crippen LogP contribution in [0.2, 0.25) is 0 Å². The first-order chi connectivity index (χ1) is 8.86. The number of non-ortho nitro benzene ring substituents is 1. The quantitative estimate of drug-likeness (QED) is 0.602. The fourth-order valence-electron chi connectivity index (χ4n) is 1.72. The molecule has 0 bridgehead atoms. The predicted molar refractivity (Wildman–Crippen MR) is 72.7 cm³/mol. The van der Waals surface area contributed by atoms with Crippen LogP contribution in [0.5, 0.6) is 0 Å². The van der Waals surface area contributed by atoms with Gasteiger partial charge in [0.05, 0.1) is 10.3 Å². The van der Waals surface area contributed by atoms with Crippen molar-refractivity contribution in [1.29, 1.82) is 0 Å². The SMILES string of the molecule is CNC(=O)C(C)(C)CNCc1cccc([N+](=O)[O-])c1. The third-order valence-corrected chi connectivity index (χ3v) is 2.86. The van der Waals surface area contributed by atoms with Gasteiger partial charge in [-0.25, -0.2) is 0 Å². The van der Waals surface area contributed by atoms with Crippen LogP contribution in [0.1, 0.15) is 19.4 Å². The molecular weight excluding hydrogens is 246 g/mol. The van der Waals surface area contributed by atoms with Gasteiger partial charge in [0.15, 0.2) is 0 Å². The van der Waals surface area contributed by atoms with Crippen molar-refractivity contribution in [3.63, 3.8) is 0 Å². The van der Waals surface area contributed by atoms with Gasteiger partial charge in [-0.05, 0) is 19.4 Å². The number of benzene rings is 1. The molecule has 6 nitrogen and oxygen atoms in total. The second kappa shape index (κ2) is 6.29. The van der Waals surface area contributed by atoms with Crippen molar-refractivity contribution in [2.24, 2.45) is 5.41 Å². The van der Waals surface area contributed by atoms with Gasteiger partial charge in [-0.2, -0.15) is 0 Å². The molecule has 1 amide bonds. The van der Waals surface area contributed by atoms with Gasteiger partial charge in [-0.15, -0.1) is 0 Å². The zero-order chi connectivity index (χ0) is 14.5. The first-order valence-electron chi connectivity index (χ1n) is 6.03. The zero-order valence-electron chi connectivity index (χ0n) is 11.4. The van der Waals surface area contributed by atoms with Crippen LogP contribution in [0.3, 0.4) is 0 Å². The summed E-state index contributed by atoms with van der Waals surface area (Å²) in [7, 11) is 1.60. The number of hydrogen-bond donors (Lipinski definition) is 2. The van der Waals surface area contributed by atoms with Gasteiger partial charge in [0.25, 0.3) is 5.69 Å². The highest BCUT2D eigenvalue weighted by Crippen LogP contribution is 2.15. The van der Waals surface area contributed by atoms with E-state index in [0.29, 0.717) is 13.1 Å². The summed E-state index contributed by atoms with van der Waals surface area (Å²) in [5, 5.41) is 16.4. The van der Waals surface area contributed by atoms with E-state index in [1.807, 2.05) is 19.9 Å². The molecule has 0 aliphatic rings. The first kappa shape index (κ1) is 15.1.